The summed E-state index contributed by atoms with van der Waals surface area (Å²) < 4.78 is 5.81. The molecular weight excluding hydrogens is 324 g/mol. The van der Waals surface area contributed by atoms with E-state index in [0.717, 1.165) is 22.7 Å². The lowest BCUT2D eigenvalue weighted by atomic mass is 10.1. The topological polar surface area (TPSA) is 101 Å². The maximum Gasteiger partial charge on any atom is 0.286 e. The number of thioether (sulfide) groups is 1. The van der Waals surface area contributed by atoms with Gasteiger partial charge in [-0.05, 0) is 49.4 Å². The Kier molecular flexibility index (Phi) is 4.23. The maximum atomic E-state index is 11.7. The summed E-state index contributed by atoms with van der Waals surface area (Å²) in [6.07, 6.45) is 3.14. The van der Waals surface area contributed by atoms with Crippen LogP contribution in [0.3, 0.4) is 0 Å². The highest BCUT2D eigenvalue weighted by Crippen LogP contribution is 2.32. The van der Waals surface area contributed by atoms with Gasteiger partial charge in [0.15, 0.2) is 5.17 Å². The molecule has 2 aromatic rings. The van der Waals surface area contributed by atoms with E-state index in [9.17, 15) is 10.1 Å². The van der Waals surface area contributed by atoms with E-state index in [4.69, 9.17) is 10.5 Å². The van der Waals surface area contributed by atoms with E-state index < -0.39 is 0 Å². The molecule has 0 radical (unpaired) electrons. The summed E-state index contributed by atoms with van der Waals surface area (Å²) in [6, 6.07) is 7.61. The molecule has 0 aliphatic carbocycles. The summed E-state index contributed by atoms with van der Waals surface area (Å²) in [5.41, 5.74) is 7.44. The molecule has 1 aromatic carbocycles. The number of rotatable bonds is 3. The number of hydrogen-bond acceptors (Lipinski definition) is 6. The first-order valence-electron chi connectivity index (χ1n) is 7.25. The van der Waals surface area contributed by atoms with Gasteiger partial charge in [-0.2, -0.15) is 10.3 Å². The Morgan fingerprint density at radius 2 is 2.21 bits per heavy atom. The van der Waals surface area contributed by atoms with Gasteiger partial charge in [0.25, 0.3) is 5.91 Å². The number of benzene rings is 1. The summed E-state index contributed by atoms with van der Waals surface area (Å²) in [6.45, 7) is 3.79. The maximum absolute atomic E-state index is 11.7. The van der Waals surface area contributed by atoms with Gasteiger partial charge in [0, 0.05) is 11.6 Å². The molecule has 0 unspecified atom stereocenters. The number of nitriles is 1. The second kappa shape index (κ2) is 6.34. The van der Waals surface area contributed by atoms with E-state index in [1.165, 1.54) is 6.20 Å². The third kappa shape index (κ3) is 3.09. The van der Waals surface area contributed by atoms with Crippen LogP contribution in [0.5, 0.6) is 5.75 Å². The molecule has 1 aromatic heterocycles. The van der Waals surface area contributed by atoms with Gasteiger partial charge in [-0.1, -0.05) is 6.07 Å². The van der Waals surface area contributed by atoms with Crippen molar-refractivity contribution in [2.24, 2.45) is 10.7 Å². The Labute approximate surface area is 143 Å². The Balaban J connectivity index is 2.11. The van der Waals surface area contributed by atoms with Crippen LogP contribution >= 0.6 is 11.8 Å². The van der Waals surface area contributed by atoms with Crippen molar-refractivity contribution in [3.8, 4) is 11.8 Å². The SMILES string of the molecule is CC(C)Oc1c(C#N)cnc2ccc(C=C3SC(N)=NC3=O)cc12. The molecule has 6 nitrogen and oxygen atoms in total. The summed E-state index contributed by atoms with van der Waals surface area (Å²) in [5.74, 6) is 0.152. The minimum atomic E-state index is -0.347. The van der Waals surface area contributed by atoms with Gasteiger partial charge in [0.2, 0.25) is 0 Å². The molecule has 0 spiro atoms. The van der Waals surface area contributed by atoms with Crippen molar-refractivity contribution in [1.82, 2.24) is 4.98 Å². The molecule has 0 saturated heterocycles. The number of carbonyl (C=O) groups excluding carboxylic acids is 1. The highest BCUT2D eigenvalue weighted by atomic mass is 32.2. The predicted octanol–water partition coefficient (Wildman–Crippen LogP) is 2.82. The Hall–Kier alpha value is -2.85. The fraction of sp³-hybridized carbons (Fsp3) is 0.176. The normalized spacial score (nSPS) is 15.8. The van der Waals surface area contributed by atoms with Crippen LogP contribution in [0.4, 0.5) is 0 Å². The largest absolute Gasteiger partial charge is 0.489 e. The lowest BCUT2D eigenvalue weighted by molar-refractivity contribution is -0.113. The van der Waals surface area contributed by atoms with Crippen molar-refractivity contribution < 1.29 is 9.53 Å². The van der Waals surface area contributed by atoms with Crippen LogP contribution in [0.25, 0.3) is 17.0 Å². The van der Waals surface area contributed by atoms with Gasteiger partial charge >= 0.3 is 0 Å². The minimum Gasteiger partial charge on any atom is -0.489 e. The van der Waals surface area contributed by atoms with Crippen molar-refractivity contribution in [2.45, 2.75) is 20.0 Å². The number of nitrogens with two attached hydrogens (primary N) is 1. The van der Waals surface area contributed by atoms with E-state index >= 15 is 0 Å². The number of nitrogens with zero attached hydrogens (tertiary/aromatic N) is 3. The Morgan fingerprint density at radius 3 is 2.83 bits per heavy atom. The van der Waals surface area contributed by atoms with Crippen LogP contribution in [-0.2, 0) is 4.79 Å². The predicted molar refractivity (Wildman–Crippen MR) is 94.4 cm³/mol. The van der Waals surface area contributed by atoms with Crippen LogP contribution in [0.15, 0.2) is 34.3 Å². The van der Waals surface area contributed by atoms with Crippen molar-refractivity contribution >= 4 is 39.8 Å². The Morgan fingerprint density at radius 1 is 1.42 bits per heavy atom. The van der Waals surface area contributed by atoms with Gasteiger partial charge in [-0.25, -0.2) is 0 Å². The molecule has 0 atom stereocenters. The smallest absolute Gasteiger partial charge is 0.286 e. The number of fused-ring (bicyclic) bond motifs is 1. The molecule has 0 fully saturated rings. The monoisotopic (exact) mass is 338 g/mol. The lowest BCUT2D eigenvalue weighted by Gasteiger charge is -2.14. The number of amides is 1. The first-order valence-corrected chi connectivity index (χ1v) is 8.07. The van der Waals surface area contributed by atoms with Gasteiger partial charge in [0.05, 0.1) is 16.5 Å². The molecule has 24 heavy (non-hydrogen) atoms. The molecule has 1 aliphatic rings. The van der Waals surface area contributed by atoms with Gasteiger partial charge in [0.1, 0.15) is 17.4 Å². The second-order valence-corrected chi connectivity index (χ2v) is 6.48. The highest BCUT2D eigenvalue weighted by molar-refractivity contribution is 8.18. The standard InChI is InChI=1S/C17H14N4O2S/c1-9(2)23-15-11(7-18)8-20-13-4-3-10(5-12(13)15)6-14-16(22)21-17(19)24-14/h3-6,8-9H,1-2H3,(H2,19,21,22). The molecular formula is C17H14N4O2S. The zero-order valence-electron chi connectivity index (χ0n) is 13.1. The minimum absolute atomic E-state index is 0.0788. The van der Waals surface area contributed by atoms with E-state index in [1.807, 2.05) is 32.0 Å². The molecule has 0 saturated carbocycles. The number of hydrogen-bond donors (Lipinski definition) is 1. The zero-order chi connectivity index (χ0) is 17.3. The molecule has 1 aliphatic heterocycles. The summed E-state index contributed by atoms with van der Waals surface area (Å²) in [7, 11) is 0. The van der Waals surface area contributed by atoms with Crippen LogP contribution < -0.4 is 10.5 Å². The van der Waals surface area contributed by atoms with Crippen LogP contribution in [-0.4, -0.2) is 22.2 Å². The molecule has 2 heterocycles. The quantitative estimate of drug-likeness (QED) is 0.864. The fourth-order valence-corrected chi connectivity index (χ4v) is 2.98. The third-order valence-electron chi connectivity index (χ3n) is 3.25. The number of aromatic nitrogens is 1. The van der Waals surface area contributed by atoms with E-state index in [1.54, 1.807) is 6.08 Å². The molecule has 7 heteroatoms. The van der Waals surface area contributed by atoms with Crippen LogP contribution in [0.1, 0.15) is 25.0 Å². The van der Waals surface area contributed by atoms with Crippen molar-refractivity contribution in [3.05, 3.63) is 40.4 Å². The molecule has 3 rings (SSSR count). The van der Waals surface area contributed by atoms with Crippen LogP contribution in [0, 0.1) is 11.3 Å². The van der Waals surface area contributed by atoms with Crippen molar-refractivity contribution in [1.29, 1.82) is 5.26 Å². The number of carbonyl (C=O) groups is 1. The van der Waals surface area contributed by atoms with E-state index in [-0.39, 0.29) is 17.2 Å². The van der Waals surface area contributed by atoms with Crippen molar-refractivity contribution in [2.75, 3.05) is 0 Å². The van der Waals surface area contributed by atoms with Gasteiger partial charge in [-0.15, -0.1) is 0 Å². The fourth-order valence-electron chi connectivity index (χ4n) is 2.29. The van der Waals surface area contributed by atoms with E-state index in [0.29, 0.717) is 21.7 Å². The summed E-state index contributed by atoms with van der Waals surface area (Å²) in [4.78, 5) is 20.2. The number of pyridine rings is 1. The summed E-state index contributed by atoms with van der Waals surface area (Å²) in [5, 5.41) is 10.3. The number of amidine groups is 1. The third-order valence-corrected chi connectivity index (χ3v) is 4.06. The number of ether oxygens (including phenoxy) is 1. The highest BCUT2D eigenvalue weighted by Gasteiger charge is 2.19. The zero-order valence-corrected chi connectivity index (χ0v) is 13.9. The molecule has 0 bridgehead atoms. The second-order valence-electron chi connectivity index (χ2n) is 5.42. The van der Waals surface area contributed by atoms with Gasteiger partial charge < -0.3 is 10.5 Å². The molecule has 2 N–H and O–H groups in total. The Bertz CT molecular complexity index is 941. The molecule has 120 valence electrons. The average molecular weight is 338 g/mol. The van der Waals surface area contributed by atoms with E-state index in [2.05, 4.69) is 16.0 Å². The summed E-state index contributed by atoms with van der Waals surface area (Å²) >= 11 is 1.14. The molecule has 1 amide bonds. The first kappa shape index (κ1) is 16.0. The average Bonchev–Trinajstić information content (AvgIpc) is 2.85. The van der Waals surface area contributed by atoms with Crippen LogP contribution in [0.2, 0.25) is 0 Å². The van der Waals surface area contributed by atoms with Gasteiger partial charge in [-0.3, -0.25) is 9.78 Å². The lowest BCUT2D eigenvalue weighted by Crippen LogP contribution is -2.07. The van der Waals surface area contributed by atoms with Crippen molar-refractivity contribution in [3.63, 3.8) is 0 Å². The number of aliphatic imine (C=N–C) groups is 1. The first-order chi connectivity index (χ1) is 11.5.